The number of amides is 1. The Morgan fingerprint density at radius 3 is 0.914 bits per heavy atom. The van der Waals surface area contributed by atoms with Gasteiger partial charge in [-0.15, -0.1) is 0 Å². The Bertz CT molecular complexity index is 1560. The number of nitrogens with one attached hydrogen (secondary N) is 1. The minimum absolute atomic E-state index is 0.195. The molecule has 2 heterocycles. The van der Waals surface area contributed by atoms with Crippen LogP contribution in [0.2, 0.25) is 0 Å². The van der Waals surface area contributed by atoms with Crippen LogP contribution in [0.15, 0.2) is 0 Å². The quantitative estimate of drug-likeness (QED) is 0.0259. The van der Waals surface area contributed by atoms with E-state index in [1.807, 2.05) is 0 Å². The number of aliphatic hydroxyl groups is 8. The van der Waals surface area contributed by atoms with Gasteiger partial charge in [0.1, 0.15) is 48.8 Å². The second kappa shape index (κ2) is 64.4. The van der Waals surface area contributed by atoms with Crippen LogP contribution in [0, 0.1) is 0 Å². The van der Waals surface area contributed by atoms with Crippen LogP contribution in [0.3, 0.4) is 0 Å². The van der Waals surface area contributed by atoms with Crippen molar-refractivity contribution in [3.05, 3.63) is 0 Å². The van der Waals surface area contributed by atoms with Gasteiger partial charge in [0.15, 0.2) is 12.6 Å². The van der Waals surface area contributed by atoms with Gasteiger partial charge in [-0.2, -0.15) is 0 Å². The third-order valence-electron chi connectivity index (χ3n) is 20.6. The summed E-state index contributed by atoms with van der Waals surface area (Å²) in [5, 5.41) is 87.8. The zero-order chi connectivity index (χ0) is 67.3. The van der Waals surface area contributed by atoms with Crippen molar-refractivity contribution in [3.8, 4) is 0 Å². The predicted octanol–water partition coefficient (Wildman–Crippen LogP) is 18.3. The maximum atomic E-state index is 13.4. The summed E-state index contributed by atoms with van der Waals surface area (Å²) in [6.45, 7) is 2.94. The lowest BCUT2D eigenvalue weighted by Crippen LogP contribution is -2.65. The second-order valence-corrected chi connectivity index (χ2v) is 29.3. The Kier molecular flexibility index (Phi) is 61.0. The van der Waals surface area contributed by atoms with Gasteiger partial charge in [-0.05, 0) is 12.8 Å². The number of ether oxygens (including phenoxy) is 4. The largest absolute Gasteiger partial charge is 0.394 e. The Morgan fingerprint density at radius 1 is 0.344 bits per heavy atom. The average Bonchev–Trinajstić information content (AvgIpc) is 0.854. The summed E-state index contributed by atoms with van der Waals surface area (Å²) in [5.74, 6) is -0.195. The van der Waals surface area contributed by atoms with Crippen molar-refractivity contribution in [1.29, 1.82) is 0 Å². The van der Waals surface area contributed by atoms with Crippen LogP contribution in [0.5, 0.6) is 0 Å². The second-order valence-electron chi connectivity index (χ2n) is 29.3. The Labute approximate surface area is 572 Å². The SMILES string of the molecule is CCCCCCCCCCCCCCCCCCCCCCCCCCCCCCCCCCCCCCCCCC(=O)NC(COC1OC(CO)C(OC2OC(CO)C(O)C(O)C2O)C(O)C1O)C(O)CCCCCCCCCCCCCCCCCCCCCC. The molecule has 0 radical (unpaired) electrons. The van der Waals surface area contributed by atoms with Gasteiger partial charge in [-0.1, -0.05) is 386 Å². The van der Waals surface area contributed by atoms with Gasteiger partial charge in [0, 0.05) is 6.42 Å². The van der Waals surface area contributed by atoms with Crippen LogP contribution < -0.4 is 5.32 Å². The van der Waals surface area contributed by atoms with Gasteiger partial charge in [0.25, 0.3) is 0 Å². The lowest BCUT2D eigenvalue weighted by Gasteiger charge is -2.46. The molecule has 0 saturated carbocycles. The van der Waals surface area contributed by atoms with E-state index in [9.17, 15) is 45.6 Å². The van der Waals surface area contributed by atoms with E-state index in [4.69, 9.17) is 18.9 Å². The van der Waals surface area contributed by atoms with E-state index < -0.39 is 86.8 Å². The highest BCUT2D eigenvalue weighted by Gasteiger charge is 2.51. The van der Waals surface area contributed by atoms with Gasteiger partial charge in [-0.3, -0.25) is 4.79 Å². The molecule has 0 bridgehead atoms. The van der Waals surface area contributed by atoms with Crippen LogP contribution in [-0.4, -0.2) is 140 Å². The molecule has 1 amide bonds. The topological polar surface area (TPSA) is 228 Å². The molecule has 93 heavy (non-hydrogen) atoms. The minimum Gasteiger partial charge on any atom is -0.394 e. The lowest BCUT2D eigenvalue weighted by atomic mass is 9.97. The predicted molar refractivity (Wildman–Crippen MR) is 383 cm³/mol. The van der Waals surface area contributed by atoms with Gasteiger partial charge >= 0.3 is 0 Å². The first-order chi connectivity index (χ1) is 45.6. The molecule has 2 rings (SSSR count). The third kappa shape index (κ3) is 47.6. The van der Waals surface area contributed by atoms with Crippen LogP contribution in [-0.2, 0) is 23.7 Å². The van der Waals surface area contributed by atoms with E-state index in [0.717, 1.165) is 51.4 Å². The molecule has 2 saturated heterocycles. The molecular formula is C79H155NO13. The van der Waals surface area contributed by atoms with Crippen LogP contribution in [0.4, 0.5) is 0 Å². The summed E-state index contributed by atoms with van der Waals surface area (Å²) in [5.41, 5.74) is 0. The molecule has 0 aromatic heterocycles. The monoisotopic (exact) mass is 1330 g/mol. The van der Waals surface area contributed by atoms with Crippen molar-refractivity contribution in [1.82, 2.24) is 5.32 Å². The normalized spacial score (nSPS) is 22.4. The number of aliphatic hydroxyl groups excluding tert-OH is 8. The number of rotatable bonds is 70. The van der Waals surface area contributed by atoms with E-state index in [2.05, 4.69) is 19.2 Å². The van der Waals surface area contributed by atoms with E-state index >= 15 is 0 Å². The maximum absolute atomic E-state index is 13.4. The van der Waals surface area contributed by atoms with Crippen molar-refractivity contribution in [2.45, 2.75) is 479 Å². The van der Waals surface area contributed by atoms with Gasteiger partial charge in [0.2, 0.25) is 5.91 Å². The summed E-state index contributed by atoms with van der Waals surface area (Å²) in [6.07, 6.45) is 63.1. The summed E-state index contributed by atoms with van der Waals surface area (Å²) in [7, 11) is 0. The molecule has 9 N–H and O–H groups in total. The van der Waals surface area contributed by atoms with E-state index in [1.54, 1.807) is 0 Å². The molecule has 0 spiro atoms. The molecular weight excluding hydrogens is 1170 g/mol. The molecule has 0 aliphatic carbocycles. The van der Waals surface area contributed by atoms with Crippen molar-refractivity contribution >= 4 is 5.91 Å². The number of unbranched alkanes of at least 4 members (excludes halogenated alkanes) is 57. The summed E-state index contributed by atoms with van der Waals surface area (Å²) < 4.78 is 23.0. The minimum atomic E-state index is -1.78. The van der Waals surface area contributed by atoms with Crippen molar-refractivity contribution in [2.75, 3.05) is 19.8 Å². The Morgan fingerprint density at radius 2 is 0.613 bits per heavy atom. The first kappa shape index (κ1) is 88.1. The van der Waals surface area contributed by atoms with Crippen molar-refractivity contribution < 1.29 is 64.6 Å². The van der Waals surface area contributed by atoms with Crippen LogP contribution in [0.1, 0.15) is 406 Å². The average molecular weight is 1330 g/mol. The molecule has 0 aromatic carbocycles. The highest BCUT2D eigenvalue weighted by molar-refractivity contribution is 5.76. The smallest absolute Gasteiger partial charge is 0.220 e. The number of carbonyl (C=O) groups is 1. The summed E-state index contributed by atoms with van der Waals surface area (Å²) in [4.78, 5) is 13.4. The van der Waals surface area contributed by atoms with Gasteiger partial charge in [0.05, 0.1) is 32.0 Å². The standard InChI is InChI=1S/C79H155NO13/c1-3-5-7-9-11-13-15-17-19-21-23-25-26-27-28-29-30-31-32-33-34-35-36-37-38-39-40-41-42-43-45-47-49-51-53-55-57-59-61-63-71(84)80-67(68(83)62-60-58-56-54-52-50-48-46-44-24-22-20-18-16-14-12-10-8-6-4-2)66-90-78-76(89)74(87)77(70(65-82)92-78)93-79-75(88)73(86)72(85)69(64-81)91-79/h67-70,72-79,81-83,85-89H,3-66H2,1-2H3,(H,80,84). The molecule has 12 atom stereocenters. The number of hydrogen-bond donors (Lipinski definition) is 9. The zero-order valence-electron chi connectivity index (χ0n) is 60.8. The third-order valence-corrected chi connectivity index (χ3v) is 20.6. The number of carbonyl (C=O) groups excluding carboxylic acids is 1. The Balaban J connectivity index is 1.54. The zero-order valence-corrected chi connectivity index (χ0v) is 60.8. The number of hydrogen-bond acceptors (Lipinski definition) is 13. The lowest BCUT2D eigenvalue weighted by molar-refractivity contribution is -0.359. The summed E-state index contributed by atoms with van der Waals surface area (Å²) >= 11 is 0. The fraction of sp³-hybridized carbons (Fsp3) is 0.987. The van der Waals surface area contributed by atoms with Crippen LogP contribution in [0.25, 0.3) is 0 Å². The molecule has 12 unspecified atom stereocenters. The fourth-order valence-electron chi connectivity index (χ4n) is 14.1. The van der Waals surface area contributed by atoms with Gasteiger partial charge < -0.3 is 65.1 Å². The molecule has 554 valence electrons. The molecule has 2 aliphatic heterocycles. The highest BCUT2D eigenvalue weighted by atomic mass is 16.7. The first-order valence-corrected chi connectivity index (χ1v) is 40.8. The van der Waals surface area contributed by atoms with E-state index in [-0.39, 0.29) is 12.5 Å². The molecule has 2 aliphatic rings. The van der Waals surface area contributed by atoms with Crippen molar-refractivity contribution in [2.24, 2.45) is 0 Å². The maximum Gasteiger partial charge on any atom is 0.220 e. The molecule has 0 aromatic rings. The molecule has 2 fully saturated rings. The fourth-order valence-corrected chi connectivity index (χ4v) is 14.1. The Hall–Kier alpha value is -1.01. The molecule has 14 heteroatoms. The summed E-state index contributed by atoms with van der Waals surface area (Å²) in [6, 6.07) is -0.825. The van der Waals surface area contributed by atoms with E-state index in [1.165, 1.54) is 327 Å². The van der Waals surface area contributed by atoms with E-state index in [0.29, 0.717) is 12.8 Å². The van der Waals surface area contributed by atoms with Crippen LogP contribution >= 0.6 is 0 Å². The highest BCUT2D eigenvalue weighted by Crippen LogP contribution is 2.31. The molecule has 14 nitrogen and oxygen atoms in total. The first-order valence-electron chi connectivity index (χ1n) is 40.8. The van der Waals surface area contributed by atoms with Crippen molar-refractivity contribution in [3.63, 3.8) is 0 Å². The van der Waals surface area contributed by atoms with Gasteiger partial charge in [-0.25, -0.2) is 0 Å².